The predicted octanol–water partition coefficient (Wildman–Crippen LogP) is 3.46. The number of anilines is 1. The Balaban J connectivity index is 1.47. The Kier molecular flexibility index (Phi) is 8.72. The zero-order valence-corrected chi connectivity index (χ0v) is 20.2. The van der Waals surface area contributed by atoms with Gasteiger partial charge in [0, 0.05) is 31.9 Å². The van der Waals surface area contributed by atoms with Crippen molar-refractivity contribution in [3.05, 3.63) is 63.6 Å². The molecule has 7 nitrogen and oxygen atoms in total. The van der Waals surface area contributed by atoms with Gasteiger partial charge in [0.05, 0.1) is 22.2 Å². The fraction of sp³-hybridized carbons (Fsp3) is 0.375. The van der Waals surface area contributed by atoms with Gasteiger partial charge in [-0.05, 0) is 37.1 Å². The summed E-state index contributed by atoms with van der Waals surface area (Å²) < 4.78 is 0. The molecule has 0 radical (unpaired) electrons. The van der Waals surface area contributed by atoms with Crippen LogP contribution in [0.15, 0.2) is 42.5 Å². The highest BCUT2D eigenvalue weighted by molar-refractivity contribution is 6.43. The molecule has 1 aliphatic heterocycles. The van der Waals surface area contributed by atoms with Crippen molar-refractivity contribution in [3.8, 4) is 0 Å². The Morgan fingerprint density at radius 3 is 2.39 bits per heavy atom. The van der Waals surface area contributed by atoms with E-state index in [0.29, 0.717) is 26.2 Å². The number of nitrogens with one attached hydrogen (secondary N) is 2. The lowest BCUT2D eigenvalue weighted by Crippen LogP contribution is -2.55. The van der Waals surface area contributed by atoms with Crippen LogP contribution in [0.25, 0.3) is 0 Å². The number of nitrogens with zero attached hydrogens (tertiary/aromatic N) is 2. The first-order chi connectivity index (χ1) is 15.8. The number of carbonyl (C=O) groups excluding carboxylic acids is 3. The van der Waals surface area contributed by atoms with Crippen LogP contribution in [0.3, 0.4) is 0 Å². The van der Waals surface area contributed by atoms with Gasteiger partial charge in [0.2, 0.25) is 11.8 Å². The van der Waals surface area contributed by atoms with Crippen LogP contribution in [0.5, 0.6) is 0 Å². The van der Waals surface area contributed by atoms with Crippen molar-refractivity contribution in [3.63, 3.8) is 0 Å². The van der Waals surface area contributed by atoms with Gasteiger partial charge in [-0.2, -0.15) is 0 Å². The molecule has 1 saturated heterocycles. The second kappa shape index (κ2) is 11.5. The first kappa shape index (κ1) is 25.0. The predicted molar refractivity (Wildman–Crippen MR) is 131 cm³/mol. The molecule has 2 aromatic rings. The van der Waals surface area contributed by atoms with Crippen LogP contribution in [0.4, 0.5) is 5.69 Å². The Bertz CT molecular complexity index is 1020. The lowest BCUT2D eigenvalue weighted by atomic mass is 10.1. The van der Waals surface area contributed by atoms with E-state index in [2.05, 4.69) is 10.6 Å². The molecule has 0 bridgehead atoms. The lowest BCUT2D eigenvalue weighted by molar-refractivity contribution is -0.134. The second-order valence-electron chi connectivity index (χ2n) is 7.96. The van der Waals surface area contributed by atoms with E-state index >= 15 is 0 Å². The number of rotatable bonds is 7. The molecule has 2 N–H and O–H groups in total. The maximum atomic E-state index is 12.8. The van der Waals surface area contributed by atoms with Gasteiger partial charge in [0.25, 0.3) is 5.91 Å². The van der Waals surface area contributed by atoms with Crippen molar-refractivity contribution in [2.75, 3.05) is 38.0 Å². The van der Waals surface area contributed by atoms with E-state index in [-0.39, 0.29) is 34.0 Å². The Labute approximate surface area is 204 Å². The summed E-state index contributed by atoms with van der Waals surface area (Å²) in [5, 5.41) is 6.11. The first-order valence-electron chi connectivity index (χ1n) is 10.9. The highest BCUT2D eigenvalue weighted by Crippen LogP contribution is 2.25. The maximum absolute atomic E-state index is 12.8. The number of benzene rings is 2. The highest BCUT2D eigenvalue weighted by atomic mass is 35.5. The third-order valence-electron chi connectivity index (χ3n) is 5.64. The molecule has 1 fully saturated rings. The molecule has 1 heterocycles. The molecule has 9 heteroatoms. The summed E-state index contributed by atoms with van der Waals surface area (Å²) in [5.41, 5.74) is 2.16. The van der Waals surface area contributed by atoms with Gasteiger partial charge in [-0.1, -0.05) is 54.4 Å². The monoisotopic (exact) mass is 490 g/mol. The Morgan fingerprint density at radius 1 is 1.00 bits per heavy atom. The van der Waals surface area contributed by atoms with E-state index in [1.807, 2.05) is 36.1 Å². The number of hydrogen-bond acceptors (Lipinski definition) is 4. The largest absolute Gasteiger partial charge is 0.340 e. The van der Waals surface area contributed by atoms with Gasteiger partial charge in [-0.25, -0.2) is 0 Å². The number of para-hydroxylation sites is 1. The van der Waals surface area contributed by atoms with Crippen LogP contribution >= 0.6 is 23.2 Å². The van der Waals surface area contributed by atoms with Crippen molar-refractivity contribution < 1.29 is 14.4 Å². The van der Waals surface area contributed by atoms with Gasteiger partial charge in [-0.15, -0.1) is 0 Å². The summed E-state index contributed by atoms with van der Waals surface area (Å²) in [5.74, 6) is -0.705. The van der Waals surface area contributed by atoms with E-state index in [1.54, 1.807) is 30.0 Å². The molecule has 3 rings (SSSR count). The van der Waals surface area contributed by atoms with E-state index in [0.717, 1.165) is 17.7 Å². The zero-order valence-electron chi connectivity index (χ0n) is 18.7. The molecular formula is C24H28Cl2N4O3. The van der Waals surface area contributed by atoms with Crippen LogP contribution < -0.4 is 10.6 Å². The summed E-state index contributed by atoms with van der Waals surface area (Å²) in [6, 6.07) is 11.8. The summed E-state index contributed by atoms with van der Waals surface area (Å²) in [7, 11) is 0. The number of halogens is 2. The molecule has 1 unspecified atom stereocenters. The Morgan fingerprint density at radius 2 is 1.70 bits per heavy atom. The smallest absolute Gasteiger partial charge is 0.253 e. The van der Waals surface area contributed by atoms with E-state index in [9.17, 15) is 14.4 Å². The average molecular weight is 491 g/mol. The topological polar surface area (TPSA) is 81.8 Å². The molecule has 3 amide bonds. The van der Waals surface area contributed by atoms with E-state index < -0.39 is 11.9 Å². The van der Waals surface area contributed by atoms with Crippen molar-refractivity contribution in [2.24, 2.45) is 0 Å². The SMILES string of the molecule is CCc1ccccc1NC(=O)CN1CCN(C(=O)C(C)NC(=O)c2cccc(Cl)c2Cl)CC1. The lowest BCUT2D eigenvalue weighted by Gasteiger charge is -2.35. The number of aryl methyl sites for hydroxylation is 1. The third kappa shape index (κ3) is 6.47. The summed E-state index contributed by atoms with van der Waals surface area (Å²) in [6.45, 7) is 6.08. The number of piperazine rings is 1. The molecule has 176 valence electrons. The van der Waals surface area contributed by atoms with Gasteiger partial charge >= 0.3 is 0 Å². The third-order valence-corrected chi connectivity index (χ3v) is 6.46. The summed E-state index contributed by atoms with van der Waals surface area (Å²) >= 11 is 12.1. The van der Waals surface area contributed by atoms with Crippen LogP contribution in [-0.2, 0) is 16.0 Å². The van der Waals surface area contributed by atoms with E-state index in [4.69, 9.17) is 23.2 Å². The average Bonchev–Trinajstić information content (AvgIpc) is 2.81. The fourth-order valence-electron chi connectivity index (χ4n) is 3.76. The highest BCUT2D eigenvalue weighted by Gasteiger charge is 2.27. The fourth-order valence-corrected chi connectivity index (χ4v) is 4.15. The molecule has 1 aliphatic rings. The molecule has 0 aromatic heterocycles. The van der Waals surface area contributed by atoms with Crippen molar-refractivity contribution in [1.29, 1.82) is 0 Å². The number of carbonyl (C=O) groups is 3. The molecule has 1 atom stereocenters. The minimum absolute atomic E-state index is 0.0743. The van der Waals surface area contributed by atoms with Crippen LogP contribution in [-0.4, -0.2) is 66.3 Å². The van der Waals surface area contributed by atoms with Gasteiger partial charge < -0.3 is 15.5 Å². The molecule has 0 saturated carbocycles. The molecule has 33 heavy (non-hydrogen) atoms. The standard InChI is InChI=1S/C24H28Cl2N4O3/c1-3-17-7-4-5-10-20(17)28-21(31)15-29-11-13-30(14-12-29)24(33)16(2)27-23(32)18-8-6-9-19(25)22(18)26/h4-10,16H,3,11-15H2,1-2H3,(H,27,32)(H,28,31). The number of hydrogen-bond donors (Lipinski definition) is 2. The first-order valence-corrected chi connectivity index (χ1v) is 11.7. The Hall–Kier alpha value is -2.61. The van der Waals surface area contributed by atoms with Crippen molar-refractivity contribution in [2.45, 2.75) is 26.3 Å². The van der Waals surface area contributed by atoms with Gasteiger partial charge in [0.1, 0.15) is 6.04 Å². The van der Waals surface area contributed by atoms with Crippen molar-refractivity contribution >= 4 is 46.6 Å². The van der Waals surface area contributed by atoms with Crippen molar-refractivity contribution in [1.82, 2.24) is 15.1 Å². The molecule has 0 aliphatic carbocycles. The molecule has 0 spiro atoms. The van der Waals surface area contributed by atoms with E-state index in [1.165, 1.54) is 0 Å². The second-order valence-corrected chi connectivity index (χ2v) is 8.74. The van der Waals surface area contributed by atoms with Crippen LogP contribution in [0.2, 0.25) is 10.0 Å². The maximum Gasteiger partial charge on any atom is 0.253 e. The zero-order chi connectivity index (χ0) is 24.0. The van der Waals surface area contributed by atoms with Gasteiger partial charge in [0.15, 0.2) is 0 Å². The quantitative estimate of drug-likeness (QED) is 0.622. The van der Waals surface area contributed by atoms with Gasteiger partial charge in [-0.3, -0.25) is 19.3 Å². The molecular weight excluding hydrogens is 463 g/mol. The van der Waals surface area contributed by atoms with Crippen LogP contribution in [0.1, 0.15) is 29.8 Å². The van der Waals surface area contributed by atoms with Crippen LogP contribution in [0, 0.1) is 0 Å². The number of amides is 3. The molecule has 2 aromatic carbocycles. The minimum Gasteiger partial charge on any atom is -0.340 e. The summed E-state index contributed by atoms with van der Waals surface area (Å²) in [6.07, 6.45) is 0.843. The normalized spacial score (nSPS) is 15.1. The summed E-state index contributed by atoms with van der Waals surface area (Å²) in [4.78, 5) is 41.5. The minimum atomic E-state index is -0.715.